The number of nitrogens with zero attached hydrogens (tertiary/aromatic N) is 2. The Morgan fingerprint density at radius 1 is 1.07 bits per heavy atom. The average Bonchev–Trinajstić information content (AvgIpc) is 2.99. The molecule has 43 heavy (non-hydrogen) atoms. The first kappa shape index (κ1) is 33.1. The molecule has 0 aromatic heterocycles. The quantitative estimate of drug-likeness (QED) is 0.270. The van der Waals surface area contributed by atoms with E-state index >= 15 is 0 Å². The van der Waals surface area contributed by atoms with Gasteiger partial charge in [-0.3, -0.25) is 28.7 Å². The molecule has 3 N–H and O–H groups in total. The van der Waals surface area contributed by atoms with Crippen LogP contribution in [0.3, 0.4) is 0 Å². The predicted molar refractivity (Wildman–Crippen MR) is 169 cm³/mol. The highest BCUT2D eigenvalue weighted by atomic mass is 79.9. The molecule has 234 valence electrons. The van der Waals surface area contributed by atoms with Crippen molar-refractivity contribution < 1.29 is 34.0 Å². The number of phenolic OH excluding ortho intramolecular Hbond substituents is 1. The molecule has 4 rings (SSSR count). The molecule has 12 heteroatoms. The van der Waals surface area contributed by atoms with Crippen LogP contribution >= 0.6 is 24.5 Å². The zero-order valence-electron chi connectivity index (χ0n) is 24.7. The summed E-state index contributed by atoms with van der Waals surface area (Å²) in [5.74, 6) is -3.17. The van der Waals surface area contributed by atoms with Crippen LogP contribution in [0.5, 0.6) is 5.75 Å². The van der Waals surface area contributed by atoms with E-state index in [0.717, 1.165) is 54.5 Å². The SMILES string of the molecule is CC(C)CC(O)(CN1C(=O)c2cccc3c(O)c(Br)cc(c23)C1=O)C(=O)N([PH2]=O)C1CCCCCCCCCCNC1=O. The molecule has 3 atom stereocenters. The second-order valence-corrected chi connectivity index (χ2v) is 13.7. The molecule has 0 bridgehead atoms. The summed E-state index contributed by atoms with van der Waals surface area (Å²) in [5.41, 5.74) is -2.01. The van der Waals surface area contributed by atoms with Crippen LogP contribution < -0.4 is 5.32 Å². The number of carbonyl (C=O) groups excluding carboxylic acids is 4. The standard InChI is InChI=1S/C31H41BrN3O7P/c1-19(2)17-31(41,30(40)35(43-42)24-14-9-7-5-3-4-6-8-10-15-33-27(24)37)18-34-28(38)21-13-11-12-20-25(21)22(29(34)39)16-23(32)26(20)36/h11-13,16,19,24,36,41H,3-10,14-15,17-18,43H2,1-2H3,(H,33,37). The monoisotopic (exact) mass is 677 g/mol. The summed E-state index contributed by atoms with van der Waals surface area (Å²) in [6.45, 7) is 3.33. The Labute approximate surface area is 261 Å². The van der Waals surface area contributed by atoms with E-state index in [0.29, 0.717) is 30.2 Å². The third-order valence-corrected chi connectivity index (χ3v) is 9.72. The largest absolute Gasteiger partial charge is 0.506 e. The van der Waals surface area contributed by atoms with Gasteiger partial charge in [0.15, 0.2) is 14.2 Å². The van der Waals surface area contributed by atoms with Gasteiger partial charge in [-0.05, 0) is 53.2 Å². The third kappa shape index (κ3) is 7.15. The van der Waals surface area contributed by atoms with E-state index in [4.69, 9.17) is 0 Å². The van der Waals surface area contributed by atoms with Crippen LogP contribution in [0.4, 0.5) is 0 Å². The van der Waals surface area contributed by atoms with Crippen LogP contribution in [-0.2, 0) is 14.2 Å². The fourth-order valence-electron chi connectivity index (χ4n) is 6.22. The number of amides is 4. The van der Waals surface area contributed by atoms with Crippen molar-refractivity contribution in [2.45, 2.75) is 89.7 Å². The lowest BCUT2D eigenvalue weighted by molar-refractivity contribution is -0.152. The van der Waals surface area contributed by atoms with Crippen molar-refractivity contribution in [1.29, 1.82) is 0 Å². The minimum absolute atomic E-state index is 0.110. The second kappa shape index (κ2) is 14.4. The fourth-order valence-corrected chi connectivity index (χ4v) is 7.43. The van der Waals surface area contributed by atoms with Gasteiger partial charge in [-0.25, -0.2) is 0 Å². The molecule has 0 aliphatic carbocycles. The molecule has 10 nitrogen and oxygen atoms in total. The number of phenols is 1. The topological polar surface area (TPSA) is 144 Å². The number of halogens is 1. The van der Waals surface area contributed by atoms with E-state index in [1.807, 2.05) is 0 Å². The van der Waals surface area contributed by atoms with Crippen molar-refractivity contribution in [1.82, 2.24) is 14.9 Å². The van der Waals surface area contributed by atoms with E-state index in [1.54, 1.807) is 26.0 Å². The van der Waals surface area contributed by atoms with E-state index < -0.39 is 50.4 Å². The van der Waals surface area contributed by atoms with Crippen molar-refractivity contribution >= 4 is 58.9 Å². The number of imide groups is 1. The molecular formula is C31H41BrN3O7P. The van der Waals surface area contributed by atoms with Crippen molar-refractivity contribution in [2.75, 3.05) is 13.1 Å². The maximum Gasteiger partial charge on any atom is 0.262 e. The lowest BCUT2D eigenvalue weighted by atomic mass is 9.88. The van der Waals surface area contributed by atoms with Crippen molar-refractivity contribution in [3.8, 4) is 5.75 Å². The number of nitrogens with one attached hydrogen (secondary N) is 1. The molecule has 2 aromatic carbocycles. The van der Waals surface area contributed by atoms with Gasteiger partial charge in [0.2, 0.25) is 5.91 Å². The van der Waals surface area contributed by atoms with Crippen LogP contribution in [0.1, 0.15) is 98.8 Å². The Kier molecular flexibility index (Phi) is 11.1. The number of hydrogen-bond donors (Lipinski definition) is 3. The minimum atomic E-state index is -2.29. The van der Waals surface area contributed by atoms with E-state index in [9.17, 15) is 34.0 Å². The lowest BCUT2D eigenvalue weighted by Crippen LogP contribution is -2.59. The van der Waals surface area contributed by atoms with Crippen molar-refractivity contribution in [3.05, 3.63) is 39.9 Å². The molecule has 1 saturated heterocycles. The minimum Gasteiger partial charge on any atom is -0.506 e. The van der Waals surface area contributed by atoms with Gasteiger partial charge in [-0.15, -0.1) is 0 Å². The summed E-state index contributed by atoms with van der Waals surface area (Å²) in [4.78, 5) is 55.7. The van der Waals surface area contributed by atoms with Crippen LogP contribution in [0.2, 0.25) is 0 Å². The molecule has 0 spiro atoms. The van der Waals surface area contributed by atoms with E-state index in [-0.39, 0.29) is 33.7 Å². The Balaban J connectivity index is 1.68. The molecule has 2 aliphatic rings. The summed E-state index contributed by atoms with van der Waals surface area (Å²) in [6.07, 6.45) is 7.80. The molecule has 2 heterocycles. The van der Waals surface area contributed by atoms with Gasteiger partial charge in [0.05, 0.1) is 16.6 Å². The summed E-state index contributed by atoms with van der Waals surface area (Å²) < 4.78 is 13.9. The fraction of sp³-hybridized carbons (Fsp3) is 0.548. The highest BCUT2D eigenvalue weighted by Crippen LogP contribution is 2.40. The second-order valence-electron chi connectivity index (χ2n) is 12.1. The summed E-state index contributed by atoms with van der Waals surface area (Å²) in [6, 6.07) is 5.08. The zero-order chi connectivity index (χ0) is 31.3. The van der Waals surface area contributed by atoms with Crippen molar-refractivity contribution in [2.24, 2.45) is 5.92 Å². The first-order chi connectivity index (χ1) is 20.5. The first-order valence-electron chi connectivity index (χ1n) is 15.1. The Morgan fingerprint density at radius 3 is 2.35 bits per heavy atom. The summed E-state index contributed by atoms with van der Waals surface area (Å²) in [7, 11) is -1.95. The highest BCUT2D eigenvalue weighted by Gasteiger charge is 2.47. The molecule has 0 saturated carbocycles. The summed E-state index contributed by atoms with van der Waals surface area (Å²) in [5, 5.41) is 26.0. The van der Waals surface area contributed by atoms with Crippen LogP contribution in [0.15, 0.2) is 28.7 Å². The normalized spacial score (nSPS) is 20.4. The number of benzene rings is 2. The molecule has 0 radical (unpaired) electrons. The van der Waals surface area contributed by atoms with E-state index in [1.165, 1.54) is 12.1 Å². The van der Waals surface area contributed by atoms with Crippen LogP contribution in [-0.4, -0.2) is 68.1 Å². The Bertz CT molecular complexity index is 1420. The smallest absolute Gasteiger partial charge is 0.262 e. The third-order valence-electron chi connectivity index (χ3n) is 8.29. The van der Waals surface area contributed by atoms with Gasteiger partial charge in [0.25, 0.3) is 17.7 Å². The Hall–Kier alpha value is -2.75. The number of hydrogen-bond acceptors (Lipinski definition) is 7. The zero-order valence-corrected chi connectivity index (χ0v) is 27.5. The number of aliphatic hydroxyl groups is 1. The van der Waals surface area contributed by atoms with Crippen LogP contribution in [0.25, 0.3) is 10.8 Å². The highest BCUT2D eigenvalue weighted by molar-refractivity contribution is 9.10. The van der Waals surface area contributed by atoms with Gasteiger partial charge in [-0.1, -0.05) is 70.9 Å². The number of β-amino-alcohol motifs (C(OH)–C–C–N with tert-alkyl or cyclic N) is 1. The molecule has 1 fully saturated rings. The van der Waals surface area contributed by atoms with Gasteiger partial charge in [0.1, 0.15) is 11.8 Å². The lowest BCUT2D eigenvalue weighted by Gasteiger charge is -2.39. The van der Waals surface area contributed by atoms with Gasteiger partial charge in [0, 0.05) is 22.9 Å². The molecular weight excluding hydrogens is 637 g/mol. The van der Waals surface area contributed by atoms with Crippen molar-refractivity contribution in [3.63, 3.8) is 0 Å². The van der Waals surface area contributed by atoms with Gasteiger partial charge < -0.3 is 20.1 Å². The molecule has 4 amide bonds. The molecule has 3 unspecified atom stereocenters. The Morgan fingerprint density at radius 2 is 1.70 bits per heavy atom. The predicted octanol–water partition coefficient (Wildman–Crippen LogP) is 5.19. The maximum atomic E-state index is 14.2. The van der Waals surface area contributed by atoms with Gasteiger partial charge in [-0.2, -0.15) is 0 Å². The average molecular weight is 679 g/mol. The summed E-state index contributed by atoms with van der Waals surface area (Å²) >= 11 is 3.26. The van der Waals surface area contributed by atoms with Gasteiger partial charge >= 0.3 is 0 Å². The van der Waals surface area contributed by atoms with Crippen LogP contribution in [0, 0.1) is 5.92 Å². The first-order valence-corrected chi connectivity index (χ1v) is 16.9. The van der Waals surface area contributed by atoms with E-state index in [2.05, 4.69) is 21.2 Å². The number of aromatic hydroxyl groups is 1. The molecule has 2 aliphatic heterocycles. The maximum absolute atomic E-state index is 14.2. The number of carbonyl (C=O) groups is 4. The number of rotatable bonds is 7. The molecule has 2 aromatic rings.